The Labute approximate surface area is 83.5 Å². The van der Waals surface area contributed by atoms with Crippen molar-refractivity contribution in [3.05, 3.63) is 35.4 Å². The van der Waals surface area contributed by atoms with Gasteiger partial charge in [-0.05, 0) is 36.7 Å². The Morgan fingerprint density at radius 1 is 1.71 bits per heavy atom. The van der Waals surface area contributed by atoms with Crippen LogP contribution in [0.5, 0.6) is 0 Å². The molecule has 2 rings (SSSR count). The van der Waals surface area contributed by atoms with E-state index in [0.717, 1.165) is 18.5 Å². The van der Waals surface area contributed by atoms with Crippen LogP contribution in [-0.2, 0) is 11.2 Å². The molecule has 1 unspecified atom stereocenters. The van der Waals surface area contributed by atoms with E-state index in [1.54, 1.807) is 0 Å². The van der Waals surface area contributed by atoms with E-state index < -0.39 is 0 Å². The van der Waals surface area contributed by atoms with E-state index in [9.17, 15) is 4.79 Å². The van der Waals surface area contributed by atoms with Crippen molar-refractivity contribution in [1.29, 1.82) is 0 Å². The Bertz CT molecular complexity index is 362. The van der Waals surface area contributed by atoms with Crippen LogP contribution in [0, 0.1) is 6.07 Å². The molecular weight excluding hydrogens is 176 g/mol. The van der Waals surface area contributed by atoms with Gasteiger partial charge >= 0.3 is 0 Å². The van der Waals surface area contributed by atoms with Crippen LogP contribution in [0.15, 0.2) is 18.2 Å². The van der Waals surface area contributed by atoms with Crippen molar-refractivity contribution >= 4 is 5.91 Å². The summed E-state index contributed by atoms with van der Waals surface area (Å²) >= 11 is 0. The zero-order chi connectivity index (χ0) is 10.1. The number of benzene rings is 1. The first-order valence-electron chi connectivity index (χ1n) is 4.68. The highest BCUT2D eigenvalue weighted by Crippen LogP contribution is 2.27. The normalized spacial score (nSPS) is 21.6. The van der Waals surface area contributed by atoms with Gasteiger partial charge in [0.1, 0.15) is 6.04 Å². The van der Waals surface area contributed by atoms with E-state index in [0.29, 0.717) is 0 Å². The number of likely N-dealkylation sites (N-methyl/N-ethyl adjacent to an activating group) is 1. The molecule has 0 saturated heterocycles. The number of hydrogen-bond donors (Lipinski definition) is 1. The van der Waals surface area contributed by atoms with E-state index in [4.69, 9.17) is 5.73 Å². The molecule has 1 atom stereocenters. The lowest BCUT2D eigenvalue weighted by molar-refractivity contribution is -0.123. The maximum absolute atomic E-state index is 11.3. The average molecular weight is 189 g/mol. The number of hydrogen-bond acceptors (Lipinski definition) is 2. The van der Waals surface area contributed by atoms with Crippen LogP contribution < -0.4 is 5.73 Å². The number of rotatable bonds is 1. The number of fused-ring (bicyclic) bond motifs is 1. The second kappa shape index (κ2) is 3.42. The molecule has 0 aromatic heterocycles. The van der Waals surface area contributed by atoms with Crippen LogP contribution in [0.25, 0.3) is 0 Å². The molecule has 0 spiro atoms. The molecule has 1 aromatic carbocycles. The fraction of sp³-hybridized carbons (Fsp3) is 0.364. The van der Waals surface area contributed by atoms with Gasteiger partial charge in [0.2, 0.25) is 5.91 Å². The molecule has 73 valence electrons. The van der Waals surface area contributed by atoms with Gasteiger partial charge in [0, 0.05) is 6.54 Å². The van der Waals surface area contributed by atoms with Gasteiger partial charge in [-0.3, -0.25) is 9.69 Å². The Morgan fingerprint density at radius 3 is 3.21 bits per heavy atom. The molecule has 0 bridgehead atoms. The molecule has 1 amide bonds. The average Bonchev–Trinajstić information content (AvgIpc) is 2.17. The standard InChI is InChI=1S/C11H13N2O/c1-13-7-6-8-4-2-3-5-9(8)10(13)11(12)14/h2,4-5,10H,6-7H2,1H3,(H2,12,14). The molecule has 14 heavy (non-hydrogen) atoms. The van der Waals surface area contributed by atoms with Crippen molar-refractivity contribution in [2.75, 3.05) is 13.6 Å². The van der Waals surface area contributed by atoms with Gasteiger partial charge in [0.05, 0.1) is 0 Å². The number of nitrogens with zero attached hydrogens (tertiary/aromatic N) is 1. The second-order valence-electron chi connectivity index (χ2n) is 3.66. The van der Waals surface area contributed by atoms with Crippen LogP contribution in [0.3, 0.4) is 0 Å². The lowest BCUT2D eigenvalue weighted by atomic mass is 9.93. The monoisotopic (exact) mass is 189 g/mol. The highest BCUT2D eigenvalue weighted by Gasteiger charge is 2.28. The molecule has 1 heterocycles. The van der Waals surface area contributed by atoms with Crippen molar-refractivity contribution in [3.8, 4) is 0 Å². The van der Waals surface area contributed by atoms with Crippen LogP contribution >= 0.6 is 0 Å². The smallest absolute Gasteiger partial charge is 0.239 e. The Kier molecular flexibility index (Phi) is 2.25. The number of nitrogens with two attached hydrogens (primary N) is 1. The summed E-state index contributed by atoms with van der Waals surface area (Å²) < 4.78 is 0. The minimum Gasteiger partial charge on any atom is -0.368 e. The van der Waals surface area contributed by atoms with Gasteiger partial charge < -0.3 is 5.73 Å². The number of carbonyl (C=O) groups excluding carboxylic acids is 1. The predicted octanol–water partition coefficient (Wildman–Crippen LogP) is 0.501. The van der Waals surface area contributed by atoms with Crippen molar-refractivity contribution in [3.63, 3.8) is 0 Å². The molecule has 0 aliphatic carbocycles. The van der Waals surface area contributed by atoms with Gasteiger partial charge in [-0.25, -0.2) is 0 Å². The fourth-order valence-electron chi connectivity index (χ4n) is 1.99. The van der Waals surface area contributed by atoms with Crippen LogP contribution in [0.1, 0.15) is 17.2 Å². The van der Waals surface area contributed by atoms with E-state index in [2.05, 4.69) is 6.07 Å². The minimum absolute atomic E-state index is 0.281. The van der Waals surface area contributed by atoms with Gasteiger partial charge in [-0.1, -0.05) is 12.1 Å². The van der Waals surface area contributed by atoms with Gasteiger partial charge in [-0.2, -0.15) is 0 Å². The van der Waals surface area contributed by atoms with Crippen LogP contribution in [0.4, 0.5) is 0 Å². The van der Waals surface area contributed by atoms with Crippen molar-refractivity contribution in [1.82, 2.24) is 4.90 Å². The first-order valence-corrected chi connectivity index (χ1v) is 4.68. The third-order valence-electron chi connectivity index (χ3n) is 2.73. The van der Waals surface area contributed by atoms with Crippen molar-refractivity contribution < 1.29 is 4.79 Å². The quantitative estimate of drug-likeness (QED) is 0.699. The zero-order valence-corrected chi connectivity index (χ0v) is 8.16. The topological polar surface area (TPSA) is 46.3 Å². The van der Waals surface area contributed by atoms with Gasteiger partial charge in [0.15, 0.2) is 0 Å². The second-order valence-corrected chi connectivity index (χ2v) is 3.66. The number of amides is 1. The molecule has 2 N–H and O–H groups in total. The minimum atomic E-state index is -0.284. The van der Waals surface area contributed by atoms with E-state index in [1.165, 1.54) is 5.56 Å². The summed E-state index contributed by atoms with van der Waals surface area (Å²) in [6.45, 7) is 0.880. The van der Waals surface area contributed by atoms with Crippen molar-refractivity contribution in [2.45, 2.75) is 12.5 Å². The van der Waals surface area contributed by atoms with E-state index >= 15 is 0 Å². The Hall–Kier alpha value is -1.35. The maximum Gasteiger partial charge on any atom is 0.239 e. The summed E-state index contributed by atoms with van der Waals surface area (Å²) in [7, 11) is 1.92. The fourth-order valence-corrected chi connectivity index (χ4v) is 1.99. The highest BCUT2D eigenvalue weighted by molar-refractivity contribution is 5.82. The zero-order valence-electron chi connectivity index (χ0n) is 8.16. The molecule has 0 saturated carbocycles. The third kappa shape index (κ3) is 1.40. The van der Waals surface area contributed by atoms with Gasteiger partial charge in [-0.15, -0.1) is 0 Å². The first-order chi connectivity index (χ1) is 6.70. The molecule has 1 aliphatic rings. The summed E-state index contributed by atoms with van der Waals surface area (Å²) in [5.74, 6) is -0.284. The number of carbonyl (C=O) groups is 1. The predicted molar refractivity (Wildman–Crippen MR) is 53.5 cm³/mol. The molecule has 1 aromatic rings. The van der Waals surface area contributed by atoms with E-state index in [-0.39, 0.29) is 11.9 Å². The SMILES string of the molecule is CN1CCc2cc[c]cc2C1C(N)=O. The molecule has 1 aliphatic heterocycles. The molecule has 3 nitrogen and oxygen atoms in total. The summed E-state index contributed by atoms with van der Waals surface area (Å²) in [5.41, 5.74) is 7.60. The molecule has 3 heteroatoms. The maximum atomic E-state index is 11.3. The molecule has 1 radical (unpaired) electrons. The van der Waals surface area contributed by atoms with Gasteiger partial charge in [0.25, 0.3) is 0 Å². The third-order valence-corrected chi connectivity index (χ3v) is 2.73. The van der Waals surface area contributed by atoms with E-state index in [1.807, 2.05) is 30.1 Å². The van der Waals surface area contributed by atoms with Crippen LogP contribution in [0.2, 0.25) is 0 Å². The Morgan fingerprint density at radius 2 is 2.50 bits per heavy atom. The first kappa shape index (κ1) is 9.21. The molecular formula is C11H13N2O. The largest absolute Gasteiger partial charge is 0.368 e. The van der Waals surface area contributed by atoms with Crippen molar-refractivity contribution in [2.24, 2.45) is 5.73 Å². The molecule has 0 fully saturated rings. The highest BCUT2D eigenvalue weighted by atomic mass is 16.1. The Balaban J connectivity index is 2.46. The number of primary amides is 1. The van der Waals surface area contributed by atoms with Crippen LogP contribution in [-0.4, -0.2) is 24.4 Å². The lowest BCUT2D eigenvalue weighted by Gasteiger charge is -2.32. The summed E-state index contributed by atoms with van der Waals surface area (Å²) in [4.78, 5) is 13.3. The summed E-state index contributed by atoms with van der Waals surface area (Å²) in [6, 6.07) is 8.46. The lowest BCUT2D eigenvalue weighted by Crippen LogP contribution is -2.40. The summed E-state index contributed by atoms with van der Waals surface area (Å²) in [5, 5.41) is 0. The summed E-state index contributed by atoms with van der Waals surface area (Å²) in [6.07, 6.45) is 0.976.